The Kier molecular flexibility index (Phi) is 16.0. The van der Waals surface area contributed by atoms with Gasteiger partial charge in [-0.1, -0.05) is 63.0 Å². The molecule has 4 N–H and O–H groups in total. The molecule has 0 radical (unpaired) electrons. The molecule has 0 saturated heterocycles. The summed E-state index contributed by atoms with van der Waals surface area (Å²) in [5.74, 6) is 4.65. The third-order valence-electron chi connectivity index (χ3n) is 10.1. The molecule has 0 heterocycles. The Morgan fingerprint density at radius 3 is 2.18 bits per heavy atom. The third kappa shape index (κ3) is 9.28. The molecule has 3 fully saturated rings. The highest BCUT2D eigenvalue weighted by Gasteiger charge is 2.47. The minimum absolute atomic E-state index is 0. The number of allylic oxidation sites excluding steroid dienone is 1. The van der Waals surface area contributed by atoms with Crippen molar-refractivity contribution in [2.45, 2.75) is 122 Å². The van der Waals surface area contributed by atoms with Gasteiger partial charge in [-0.15, -0.1) is 24.8 Å². The lowest BCUT2D eigenvalue weighted by Crippen LogP contribution is -2.42. The van der Waals surface area contributed by atoms with Gasteiger partial charge in [0, 0.05) is 19.5 Å². The van der Waals surface area contributed by atoms with Crippen molar-refractivity contribution in [3.63, 3.8) is 0 Å². The number of fused-ring (bicyclic) bond motifs is 5. The molecule has 4 aliphatic rings. The van der Waals surface area contributed by atoms with Crippen molar-refractivity contribution in [1.82, 2.24) is 4.90 Å². The van der Waals surface area contributed by atoms with Gasteiger partial charge in [-0.2, -0.15) is 0 Å². The van der Waals surface area contributed by atoms with Crippen molar-refractivity contribution in [2.75, 3.05) is 26.2 Å². The molecule has 0 bridgehead atoms. The monoisotopic (exact) mass is 573 g/mol. The van der Waals surface area contributed by atoms with Crippen molar-refractivity contribution in [2.24, 2.45) is 41.1 Å². The zero-order valence-corrected chi connectivity index (χ0v) is 25.5. The highest BCUT2D eigenvalue weighted by atomic mass is 35.5. The number of amides is 1. The van der Waals surface area contributed by atoms with Gasteiger partial charge in [-0.25, -0.2) is 4.79 Å². The average molecular weight is 575 g/mol. The molecule has 0 spiro atoms. The predicted octanol–water partition coefficient (Wildman–Crippen LogP) is 7.64. The molecule has 7 heteroatoms. The number of hydrogen-bond donors (Lipinski definition) is 2. The Bertz CT molecular complexity index is 707. The van der Waals surface area contributed by atoms with Crippen LogP contribution in [0.15, 0.2) is 11.6 Å². The zero-order chi connectivity index (χ0) is 25.2. The number of nitrogens with two attached hydrogens (primary N) is 2. The molecule has 4 aliphatic carbocycles. The molecule has 5 nitrogen and oxygen atoms in total. The Labute approximate surface area is 245 Å². The van der Waals surface area contributed by atoms with Crippen LogP contribution in [-0.4, -0.2) is 43.3 Å². The quantitative estimate of drug-likeness (QED) is 0.165. The lowest BCUT2D eigenvalue weighted by Gasteiger charge is -2.49. The Balaban J connectivity index is 0.00000253. The SMILES string of the molecule is Cl.Cl.NCCCCCCCCCCN(CCCN)C(=O)OC1CCC2C(=CCC3C4CCCC4CCC23)C1. The molecule has 1 amide bonds. The Morgan fingerprint density at radius 1 is 0.763 bits per heavy atom. The van der Waals surface area contributed by atoms with Crippen molar-refractivity contribution in [3.8, 4) is 0 Å². The van der Waals surface area contributed by atoms with E-state index in [9.17, 15) is 4.79 Å². The first-order valence-electron chi connectivity index (χ1n) is 15.8. The molecule has 222 valence electrons. The summed E-state index contributed by atoms with van der Waals surface area (Å²) in [4.78, 5) is 15.1. The Hall–Kier alpha value is -0.490. The molecule has 0 aromatic rings. The molecule has 38 heavy (non-hydrogen) atoms. The molecule has 0 aliphatic heterocycles. The summed E-state index contributed by atoms with van der Waals surface area (Å²) in [6, 6.07) is 0. The lowest BCUT2D eigenvalue weighted by molar-refractivity contribution is 0.0224. The van der Waals surface area contributed by atoms with E-state index in [4.69, 9.17) is 16.2 Å². The van der Waals surface area contributed by atoms with Crippen molar-refractivity contribution >= 4 is 30.9 Å². The van der Waals surface area contributed by atoms with Crippen LogP contribution in [-0.2, 0) is 4.74 Å². The van der Waals surface area contributed by atoms with Crippen LogP contribution in [0, 0.1) is 29.6 Å². The van der Waals surface area contributed by atoms with E-state index in [0.717, 1.165) is 81.3 Å². The maximum absolute atomic E-state index is 13.1. The number of carbonyl (C=O) groups is 1. The fourth-order valence-electron chi connectivity index (χ4n) is 8.26. The standard InChI is InChI=1S/C31H55N3O2.2ClH/c32-19-7-5-3-1-2-4-6-8-21-34(22-10-20-33)31(35)36-26-15-18-28-25(23-26)14-17-29-27-12-9-11-24(27)13-16-30(28)29;;/h14,24,26-30H,1-13,15-23,32-33H2;2*1H. The van der Waals surface area contributed by atoms with Crippen molar-refractivity contribution < 1.29 is 9.53 Å². The van der Waals surface area contributed by atoms with E-state index < -0.39 is 0 Å². The van der Waals surface area contributed by atoms with Gasteiger partial charge >= 0.3 is 6.09 Å². The van der Waals surface area contributed by atoms with E-state index in [2.05, 4.69) is 6.08 Å². The topological polar surface area (TPSA) is 81.6 Å². The number of ether oxygens (including phenoxy) is 1. The molecule has 0 aromatic carbocycles. The van der Waals surface area contributed by atoms with Gasteiger partial charge in [0.25, 0.3) is 0 Å². The van der Waals surface area contributed by atoms with Crippen LogP contribution in [0.2, 0.25) is 0 Å². The maximum Gasteiger partial charge on any atom is 0.410 e. The van der Waals surface area contributed by atoms with Gasteiger partial charge in [0.05, 0.1) is 0 Å². The van der Waals surface area contributed by atoms with E-state index in [0.29, 0.717) is 6.54 Å². The molecule has 6 atom stereocenters. The highest BCUT2D eigenvalue weighted by Crippen LogP contribution is 2.56. The van der Waals surface area contributed by atoms with Gasteiger partial charge in [0.2, 0.25) is 0 Å². The van der Waals surface area contributed by atoms with Gasteiger partial charge in [-0.3, -0.25) is 0 Å². The second kappa shape index (κ2) is 18.0. The van der Waals surface area contributed by atoms with Crippen LogP contribution in [0.5, 0.6) is 0 Å². The lowest BCUT2D eigenvalue weighted by atomic mass is 9.57. The van der Waals surface area contributed by atoms with Crippen LogP contribution in [0.1, 0.15) is 116 Å². The molecule has 3 saturated carbocycles. The largest absolute Gasteiger partial charge is 0.446 e. The number of halogens is 2. The maximum atomic E-state index is 13.1. The Morgan fingerprint density at radius 2 is 1.45 bits per heavy atom. The zero-order valence-electron chi connectivity index (χ0n) is 23.8. The molecule has 4 rings (SSSR count). The normalized spacial score (nSPS) is 29.6. The first kappa shape index (κ1) is 33.7. The summed E-state index contributed by atoms with van der Waals surface area (Å²) in [6.07, 6.45) is 25.1. The number of rotatable bonds is 14. The summed E-state index contributed by atoms with van der Waals surface area (Å²) in [5, 5.41) is 0. The highest BCUT2D eigenvalue weighted by molar-refractivity contribution is 5.85. The number of carbonyl (C=O) groups excluding carboxylic acids is 1. The van der Waals surface area contributed by atoms with E-state index in [1.165, 1.54) is 83.5 Å². The second-order valence-corrected chi connectivity index (χ2v) is 12.4. The number of hydrogen-bond acceptors (Lipinski definition) is 4. The van der Waals surface area contributed by atoms with Gasteiger partial charge in [0.15, 0.2) is 0 Å². The average Bonchev–Trinajstić information content (AvgIpc) is 3.38. The van der Waals surface area contributed by atoms with Crippen LogP contribution in [0.3, 0.4) is 0 Å². The van der Waals surface area contributed by atoms with Crippen molar-refractivity contribution in [3.05, 3.63) is 11.6 Å². The van der Waals surface area contributed by atoms with Gasteiger partial charge < -0.3 is 21.1 Å². The van der Waals surface area contributed by atoms with E-state index >= 15 is 0 Å². The van der Waals surface area contributed by atoms with Crippen molar-refractivity contribution in [1.29, 1.82) is 0 Å². The molecule has 0 aromatic heterocycles. The predicted molar refractivity (Wildman–Crippen MR) is 163 cm³/mol. The summed E-state index contributed by atoms with van der Waals surface area (Å²) in [7, 11) is 0. The summed E-state index contributed by atoms with van der Waals surface area (Å²) in [5.41, 5.74) is 13.0. The first-order chi connectivity index (χ1) is 17.7. The van der Waals surface area contributed by atoms with E-state index in [-0.39, 0.29) is 37.0 Å². The second-order valence-electron chi connectivity index (χ2n) is 12.4. The van der Waals surface area contributed by atoms with Crippen LogP contribution in [0.4, 0.5) is 4.79 Å². The summed E-state index contributed by atoms with van der Waals surface area (Å²) >= 11 is 0. The van der Waals surface area contributed by atoms with Gasteiger partial charge in [-0.05, 0) is 100 Å². The minimum Gasteiger partial charge on any atom is -0.446 e. The fourth-order valence-corrected chi connectivity index (χ4v) is 8.26. The fraction of sp³-hybridized carbons (Fsp3) is 0.903. The summed E-state index contributed by atoms with van der Waals surface area (Å²) < 4.78 is 6.13. The van der Waals surface area contributed by atoms with E-state index in [1.54, 1.807) is 5.57 Å². The third-order valence-corrected chi connectivity index (χ3v) is 10.1. The number of unbranched alkanes of at least 4 members (excludes halogenated alkanes) is 7. The van der Waals surface area contributed by atoms with Crippen LogP contribution in [0.25, 0.3) is 0 Å². The minimum atomic E-state index is -0.102. The molecule has 6 unspecified atom stereocenters. The molecular formula is C31H57Cl2N3O2. The molecular weight excluding hydrogens is 517 g/mol. The first-order valence-corrected chi connectivity index (χ1v) is 15.8. The van der Waals surface area contributed by atoms with Crippen LogP contribution < -0.4 is 11.5 Å². The number of nitrogens with zero attached hydrogens (tertiary/aromatic N) is 1. The smallest absolute Gasteiger partial charge is 0.410 e. The van der Waals surface area contributed by atoms with E-state index in [1.807, 2.05) is 4.90 Å². The van der Waals surface area contributed by atoms with Crippen LogP contribution >= 0.6 is 24.8 Å². The summed E-state index contributed by atoms with van der Waals surface area (Å²) in [6.45, 7) is 2.96. The van der Waals surface area contributed by atoms with Gasteiger partial charge in [0.1, 0.15) is 6.10 Å².